The lowest BCUT2D eigenvalue weighted by Crippen LogP contribution is -2.36. The van der Waals surface area contributed by atoms with Crippen LogP contribution in [0.15, 0.2) is 12.1 Å². The lowest BCUT2D eigenvalue weighted by atomic mass is 9.96. The molecule has 1 aromatic heterocycles. The summed E-state index contributed by atoms with van der Waals surface area (Å²) in [5.74, 6) is 0.205. The van der Waals surface area contributed by atoms with E-state index in [1.54, 1.807) is 11.3 Å². The molecule has 0 aromatic carbocycles. The predicted molar refractivity (Wildman–Crippen MR) is 71.0 cm³/mol. The molecular formula is C13H20N2OS. The van der Waals surface area contributed by atoms with Crippen molar-refractivity contribution >= 4 is 17.2 Å². The third-order valence-electron chi connectivity index (χ3n) is 2.75. The van der Waals surface area contributed by atoms with Gasteiger partial charge in [0.1, 0.15) is 6.17 Å². The number of carbonyl (C=O) groups is 1. The third-order valence-corrected chi connectivity index (χ3v) is 3.81. The van der Waals surface area contributed by atoms with Crippen molar-refractivity contribution in [3.05, 3.63) is 21.9 Å². The smallest absolute Gasteiger partial charge is 0.238 e. The molecule has 2 rings (SSSR count). The highest BCUT2D eigenvalue weighted by molar-refractivity contribution is 7.12. The SMILES string of the molecule is Cc1ccc(C2NCC(=O)N2CC(C)(C)C)s1. The van der Waals surface area contributed by atoms with Crippen LogP contribution in [-0.2, 0) is 4.79 Å². The van der Waals surface area contributed by atoms with Gasteiger partial charge in [-0.3, -0.25) is 10.1 Å². The number of nitrogens with zero attached hydrogens (tertiary/aromatic N) is 1. The van der Waals surface area contributed by atoms with Gasteiger partial charge in [-0.1, -0.05) is 20.8 Å². The average molecular weight is 252 g/mol. The van der Waals surface area contributed by atoms with Crippen LogP contribution >= 0.6 is 11.3 Å². The van der Waals surface area contributed by atoms with E-state index >= 15 is 0 Å². The van der Waals surface area contributed by atoms with Crippen LogP contribution in [0.25, 0.3) is 0 Å². The van der Waals surface area contributed by atoms with E-state index in [9.17, 15) is 4.79 Å². The Morgan fingerprint density at radius 3 is 2.71 bits per heavy atom. The molecule has 0 radical (unpaired) electrons. The number of thiophene rings is 1. The number of hydrogen-bond acceptors (Lipinski definition) is 3. The maximum Gasteiger partial charge on any atom is 0.238 e. The highest BCUT2D eigenvalue weighted by Gasteiger charge is 2.34. The number of carbonyl (C=O) groups excluding carboxylic acids is 1. The summed E-state index contributed by atoms with van der Waals surface area (Å²) in [6, 6.07) is 4.23. The van der Waals surface area contributed by atoms with Crippen LogP contribution in [0.3, 0.4) is 0 Å². The van der Waals surface area contributed by atoms with Gasteiger partial charge in [0.05, 0.1) is 6.54 Å². The summed E-state index contributed by atoms with van der Waals surface area (Å²) in [4.78, 5) is 16.4. The second kappa shape index (κ2) is 4.42. The van der Waals surface area contributed by atoms with Gasteiger partial charge in [-0.2, -0.15) is 0 Å². The Labute approximate surface area is 107 Å². The maximum atomic E-state index is 11.9. The van der Waals surface area contributed by atoms with E-state index in [4.69, 9.17) is 0 Å². The molecule has 1 unspecified atom stereocenters. The van der Waals surface area contributed by atoms with Gasteiger partial charge in [-0.25, -0.2) is 0 Å². The highest BCUT2D eigenvalue weighted by atomic mass is 32.1. The van der Waals surface area contributed by atoms with Gasteiger partial charge in [-0.05, 0) is 24.5 Å². The Morgan fingerprint density at radius 2 is 2.18 bits per heavy atom. The monoisotopic (exact) mass is 252 g/mol. The van der Waals surface area contributed by atoms with Crippen molar-refractivity contribution in [2.75, 3.05) is 13.1 Å². The van der Waals surface area contributed by atoms with Crippen molar-refractivity contribution < 1.29 is 4.79 Å². The van der Waals surface area contributed by atoms with Crippen molar-refractivity contribution in [1.82, 2.24) is 10.2 Å². The van der Waals surface area contributed by atoms with Gasteiger partial charge in [0.2, 0.25) is 5.91 Å². The molecule has 1 atom stereocenters. The normalized spacial score (nSPS) is 21.3. The minimum atomic E-state index is 0.0698. The van der Waals surface area contributed by atoms with Gasteiger partial charge in [0.15, 0.2) is 0 Å². The van der Waals surface area contributed by atoms with E-state index in [-0.39, 0.29) is 17.5 Å². The quantitative estimate of drug-likeness (QED) is 0.877. The molecule has 17 heavy (non-hydrogen) atoms. The summed E-state index contributed by atoms with van der Waals surface area (Å²) in [6.07, 6.45) is 0.0698. The molecule has 2 heterocycles. The van der Waals surface area contributed by atoms with Gasteiger partial charge in [0.25, 0.3) is 0 Å². The second-order valence-corrected chi connectivity index (χ2v) is 7.13. The zero-order valence-corrected chi connectivity index (χ0v) is 11.7. The average Bonchev–Trinajstić information content (AvgIpc) is 2.73. The standard InChI is InChI=1S/C13H20N2OS/c1-9-5-6-10(17-9)12-14-7-11(16)15(12)8-13(2,3)4/h5-6,12,14H,7-8H2,1-4H3. The van der Waals surface area contributed by atoms with E-state index in [1.807, 2.05) is 4.90 Å². The minimum absolute atomic E-state index is 0.0698. The van der Waals surface area contributed by atoms with Crippen molar-refractivity contribution in [1.29, 1.82) is 0 Å². The van der Waals surface area contributed by atoms with E-state index in [1.165, 1.54) is 9.75 Å². The molecule has 94 valence electrons. The number of rotatable bonds is 2. The van der Waals surface area contributed by atoms with Crippen LogP contribution in [0.4, 0.5) is 0 Å². The number of amides is 1. The molecule has 1 aliphatic rings. The maximum absolute atomic E-state index is 11.9. The molecule has 4 heteroatoms. The minimum Gasteiger partial charge on any atom is -0.320 e. The Morgan fingerprint density at radius 1 is 1.47 bits per heavy atom. The van der Waals surface area contributed by atoms with Crippen molar-refractivity contribution in [3.8, 4) is 0 Å². The first kappa shape index (κ1) is 12.6. The molecule has 1 amide bonds. The van der Waals surface area contributed by atoms with Crippen molar-refractivity contribution in [2.45, 2.75) is 33.9 Å². The van der Waals surface area contributed by atoms with Gasteiger partial charge < -0.3 is 4.90 Å². The molecule has 3 nitrogen and oxygen atoms in total. The number of aryl methyl sites for hydroxylation is 1. The third kappa shape index (κ3) is 2.87. The predicted octanol–water partition coefficient (Wildman–Crippen LogP) is 2.53. The first-order valence-corrected chi connectivity index (χ1v) is 6.78. The first-order chi connectivity index (χ1) is 7.87. The molecular weight excluding hydrogens is 232 g/mol. The second-order valence-electron chi connectivity index (χ2n) is 5.81. The largest absolute Gasteiger partial charge is 0.320 e. The summed E-state index contributed by atoms with van der Waals surface area (Å²) in [6.45, 7) is 9.83. The number of nitrogens with one attached hydrogen (secondary N) is 1. The van der Waals surface area contributed by atoms with E-state index < -0.39 is 0 Å². The summed E-state index contributed by atoms with van der Waals surface area (Å²) in [5.41, 5.74) is 0.131. The molecule has 1 fully saturated rings. The summed E-state index contributed by atoms with van der Waals surface area (Å²) >= 11 is 1.76. The molecule has 1 N–H and O–H groups in total. The summed E-state index contributed by atoms with van der Waals surface area (Å²) < 4.78 is 0. The zero-order chi connectivity index (χ0) is 12.6. The molecule has 0 saturated carbocycles. The molecule has 1 aliphatic heterocycles. The topological polar surface area (TPSA) is 32.3 Å². The van der Waals surface area contributed by atoms with Crippen LogP contribution in [-0.4, -0.2) is 23.9 Å². The molecule has 1 aromatic rings. The van der Waals surface area contributed by atoms with Crippen LogP contribution in [0.2, 0.25) is 0 Å². The van der Waals surface area contributed by atoms with Crippen molar-refractivity contribution in [2.24, 2.45) is 5.41 Å². The lowest BCUT2D eigenvalue weighted by molar-refractivity contribution is -0.129. The van der Waals surface area contributed by atoms with Gasteiger partial charge in [-0.15, -0.1) is 11.3 Å². The molecule has 0 spiro atoms. The Kier molecular flexibility index (Phi) is 3.27. The van der Waals surface area contributed by atoms with E-state index in [0.29, 0.717) is 6.54 Å². The number of hydrogen-bond donors (Lipinski definition) is 1. The highest BCUT2D eigenvalue weighted by Crippen LogP contribution is 2.30. The Balaban J connectivity index is 2.19. The summed E-state index contributed by atoms with van der Waals surface area (Å²) in [7, 11) is 0. The Hall–Kier alpha value is -0.870. The fraction of sp³-hybridized carbons (Fsp3) is 0.615. The van der Waals surface area contributed by atoms with Crippen LogP contribution in [0, 0.1) is 12.3 Å². The fourth-order valence-corrected chi connectivity index (χ4v) is 3.05. The van der Waals surface area contributed by atoms with E-state index in [0.717, 1.165) is 6.54 Å². The Bertz CT molecular complexity index is 419. The van der Waals surface area contributed by atoms with Crippen LogP contribution in [0.5, 0.6) is 0 Å². The van der Waals surface area contributed by atoms with E-state index in [2.05, 4.69) is 45.1 Å². The van der Waals surface area contributed by atoms with Crippen LogP contribution < -0.4 is 5.32 Å². The molecule has 1 saturated heterocycles. The molecule has 0 aliphatic carbocycles. The fourth-order valence-electron chi connectivity index (χ4n) is 2.08. The molecule has 0 bridgehead atoms. The lowest BCUT2D eigenvalue weighted by Gasteiger charge is -2.30. The first-order valence-electron chi connectivity index (χ1n) is 5.96. The summed E-state index contributed by atoms with van der Waals surface area (Å²) in [5, 5.41) is 3.30. The van der Waals surface area contributed by atoms with Gasteiger partial charge in [0, 0.05) is 16.3 Å². The van der Waals surface area contributed by atoms with Gasteiger partial charge >= 0.3 is 0 Å². The zero-order valence-electron chi connectivity index (χ0n) is 10.9. The van der Waals surface area contributed by atoms with Crippen molar-refractivity contribution in [3.63, 3.8) is 0 Å². The van der Waals surface area contributed by atoms with Crippen LogP contribution in [0.1, 0.15) is 36.7 Å².